The summed E-state index contributed by atoms with van der Waals surface area (Å²) >= 11 is 4.12. The van der Waals surface area contributed by atoms with Crippen molar-refractivity contribution in [2.45, 2.75) is 19.1 Å². The van der Waals surface area contributed by atoms with E-state index in [1.54, 1.807) is 0 Å². The fourth-order valence-electron chi connectivity index (χ4n) is 3.10. The minimum Gasteiger partial charge on any atom is -0.330 e. The minimum atomic E-state index is -4.56. The summed E-state index contributed by atoms with van der Waals surface area (Å²) in [5, 5.41) is 5.02. The maximum atomic E-state index is 13.7. The van der Waals surface area contributed by atoms with Crippen LogP contribution in [-0.2, 0) is 6.18 Å². The van der Waals surface area contributed by atoms with E-state index in [4.69, 9.17) is 0 Å². The molecule has 0 saturated heterocycles. The molecule has 3 amide bonds. The Morgan fingerprint density at radius 1 is 0.939 bits per heavy atom. The summed E-state index contributed by atoms with van der Waals surface area (Å²) in [6, 6.07) is 14.7. The van der Waals surface area contributed by atoms with E-state index < -0.39 is 35.5 Å². The van der Waals surface area contributed by atoms with E-state index >= 15 is 0 Å². The molecule has 33 heavy (non-hydrogen) atoms. The van der Waals surface area contributed by atoms with Crippen LogP contribution in [0.2, 0.25) is 0 Å². The van der Waals surface area contributed by atoms with Crippen LogP contribution in [0.25, 0.3) is 0 Å². The predicted molar refractivity (Wildman–Crippen MR) is 121 cm³/mol. The number of halogens is 4. The second kappa shape index (κ2) is 9.95. The molecule has 3 aromatic rings. The van der Waals surface area contributed by atoms with Gasteiger partial charge in [-0.1, -0.05) is 43.1 Å². The van der Waals surface area contributed by atoms with Crippen LogP contribution < -0.4 is 14.9 Å². The van der Waals surface area contributed by atoms with E-state index in [2.05, 4.69) is 23.4 Å². The van der Waals surface area contributed by atoms with Crippen molar-refractivity contribution in [3.63, 3.8) is 0 Å². The maximum Gasteiger partial charge on any atom is 0.416 e. The number of hydrogen-bond donors (Lipinski definition) is 3. The average Bonchev–Trinajstić information content (AvgIpc) is 2.78. The quantitative estimate of drug-likeness (QED) is 0.302. The van der Waals surface area contributed by atoms with E-state index in [1.807, 2.05) is 0 Å². The molecule has 1 unspecified atom stereocenters. The normalized spacial score (nSPS) is 12.1. The van der Waals surface area contributed by atoms with Gasteiger partial charge in [0.25, 0.3) is 5.91 Å². The lowest BCUT2D eigenvalue weighted by molar-refractivity contribution is -0.138. The van der Waals surface area contributed by atoms with Crippen LogP contribution in [0.3, 0.4) is 0 Å². The summed E-state index contributed by atoms with van der Waals surface area (Å²) in [6.45, 7) is 1.44. The smallest absolute Gasteiger partial charge is 0.330 e. The standard InChI is InChI=1S/C23H19F4N3O2S/c1-14(17-6-2-4-8-19(17)23(25,26)27)28-22(32)30(33)16-12-10-15(11-13-16)29-21(31)18-7-3-5-9-20(18)24/h2-14,33H,1H3,(H,28,32)(H,29,31). The van der Waals surface area contributed by atoms with Crippen molar-refractivity contribution in [1.82, 2.24) is 5.32 Å². The van der Waals surface area contributed by atoms with Gasteiger partial charge in [-0.05, 0) is 55.0 Å². The highest BCUT2D eigenvalue weighted by atomic mass is 32.1. The number of anilines is 2. The molecule has 0 spiro atoms. The monoisotopic (exact) mass is 477 g/mol. The van der Waals surface area contributed by atoms with Gasteiger partial charge in [-0.15, -0.1) is 0 Å². The van der Waals surface area contributed by atoms with Gasteiger partial charge in [-0.2, -0.15) is 13.2 Å². The van der Waals surface area contributed by atoms with Gasteiger partial charge in [0, 0.05) is 5.69 Å². The van der Waals surface area contributed by atoms with Crippen LogP contribution in [-0.4, -0.2) is 11.9 Å². The van der Waals surface area contributed by atoms with Crippen molar-refractivity contribution < 1.29 is 27.2 Å². The number of benzene rings is 3. The van der Waals surface area contributed by atoms with Gasteiger partial charge in [0.2, 0.25) is 0 Å². The van der Waals surface area contributed by atoms with Crippen LogP contribution in [0, 0.1) is 5.82 Å². The first kappa shape index (κ1) is 24.1. The molecule has 10 heteroatoms. The first-order valence-electron chi connectivity index (χ1n) is 9.69. The molecule has 0 bridgehead atoms. The molecule has 172 valence electrons. The van der Waals surface area contributed by atoms with Crippen LogP contribution in [0.1, 0.15) is 34.5 Å². The number of urea groups is 1. The summed E-state index contributed by atoms with van der Waals surface area (Å²) in [5.74, 6) is -1.30. The lowest BCUT2D eigenvalue weighted by Crippen LogP contribution is -2.36. The number of amides is 3. The molecule has 0 aliphatic rings. The molecule has 0 fully saturated rings. The highest BCUT2D eigenvalue weighted by Crippen LogP contribution is 2.34. The summed E-state index contributed by atoms with van der Waals surface area (Å²) in [5.41, 5.74) is -0.382. The van der Waals surface area contributed by atoms with E-state index in [-0.39, 0.29) is 11.1 Å². The molecule has 0 saturated carbocycles. The third-order valence-corrected chi connectivity index (χ3v) is 5.17. The summed E-state index contributed by atoms with van der Waals surface area (Å²) in [4.78, 5) is 24.7. The predicted octanol–water partition coefficient (Wildman–Crippen LogP) is 6.22. The lowest BCUT2D eigenvalue weighted by Gasteiger charge is -2.23. The van der Waals surface area contributed by atoms with Crippen molar-refractivity contribution in [2.75, 3.05) is 9.62 Å². The summed E-state index contributed by atoms with van der Waals surface area (Å²) < 4.78 is 54.4. The maximum absolute atomic E-state index is 13.7. The third kappa shape index (κ3) is 5.83. The molecular formula is C23H19F4N3O2S. The van der Waals surface area contributed by atoms with Gasteiger partial charge >= 0.3 is 12.2 Å². The molecule has 0 aliphatic carbocycles. The first-order chi connectivity index (χ1) is 15.6. The van der Waals surface area contributed by atoms with Crippen LogP contribution >= 0.6 is 12.8 Å². The topological polar surface area (TPSA) is 61.4 Å². The van der Waals surface area contributed by atoms with Gasteiger partial charge in [-0.25, -0.2) is 13.5 Å². The third-order valence-electron chi connectivity index (χ3n) is 4.75. The number of carbonyl (C=O) groups is 2. The van der Waals surface area contributed by atoms with Crippen LogP contribution in [0.15, 0.2) is 72.8 Å². The fourth-order valence-corrected chi connectivity index (χ4v) is 3.29. The van der Waals surface area contributed by atoms with Gasteiger partial charge in [-0.3, -0.25) is 4.79 Å². The van der Waals surface area contributed by atoms with Crippen molar-refractivity contribution in [3.05, 3.63) is 95.3 Å². The lowest BCUT2D eigenvalue weighted by atomic mass is 10.0. The van der Waals surface area contributed by atoms with Crippen molar-refractivity contribution in [3.8, 4) is 0 Å². The summed E-state index contributed by atoms with van der Waals surface area (Å²) in [7, 11) is 0. The molecule has 2 N–H and O–H groups in total. The Morgan fingerprint density at radius 2 is 1.55 bits per heavy atom. The van der Waals surface area contributed by atoms with E-state index in [9.17, 15) is 27.2 Å². The Bertz CT molecular complexity index is 1150. The number of thiol groups is 1. The molecule has 0 heterocycles. The second-order valence-corrected chi connectivity index (χ2v) is 7.45. The zero-order chi connectivity index (χ0) is 24.2. The molecule has 0 aliphatic heterocycles. The van der Waals surface area contributed by atoms with Gasteiger partial charge < -0.3 is 10.6 Å². The average molecular weight is 477 g/mol. The molecule has 5 nitrogen and oxygen atoms in total. The minimum absolute atomic E-state index is 0.0775. The number of hydrogen-bond acceptors (Lipinski definition) is 3. The Hall–Kier alpha value is -3.53. The van der Waals surface area contributed by atoms with Crippen LogP contribution in [0.5, 0.6) is 0 Å². The van der Waals surface area contributed by atoms with Crippen molar-refractivity contribution >= 4 is 36.1 Å². The molecule has 1 atom stereocenters. The number of nitrogens with zero attached hydrogens (tertiary/aromatic N) is 1. The zero-order valence-corrected chi connectivity index (χ0v) is 18.1. The number of alkyl halides is 3. The zero-order valence-electron chi connectivity index (χ0n) is 17.2. The molecule has 3 aromatic carbocycles. The van der Waals surface area contributed by atoms with Gasteiger partial charge in [0.1, 0.15) is 5.82 Å². The highest BCUT2D eigenvalue weighted by Gasteiger charge is 2.34. The van der Waals surface area contributed by atoms with Gasteiger partial charge in [0.15, 0.2) is 0 Å². The SMILES string of the molecule is CC(NC(=O)N(S)c1ccc(NC(=O)c2ccccc2F)cc1)c1ccccc1C(F)(F)F. The number of carbonyl (C=O) groups excluding carboxylic acids is 2. The van der Waals surface area contributed by atoms with E-state index in [1.165, 1.54) is 73.7 Å². The van der Waals surface area contributed by atoms with Crippen molar-refractivity contribution in [1.29, 1.82) is 0 Å². The number of rotatable bonds is 5. The van der Waals surface area contributed by atoms with E-state index in [0.717, 1.165) is 10.4 Å². The summed E-state index contributed by atoms with van der Waals surface area (Å²) in [6.07, 6.45) is -4.56. The second-order valence-electron chi connectivity index (χ2n) is 7.05. The Labute approximate surface area is 193 Å². The molecule has 0 aromatic heterocycles. The Kier molecular flexibility index (Phi) is 7.27. The molecule has 3 rings (SSSR count). The fraction of sp³-hybridized carbons (Fsp3) is 0.130. The van der Waals surface area contributed by atoms with E-state index in [0.29, 0.717) is 11.4 Å². The van der Waals surface area contributed by atoms with Crippen LogP contribution in [0.4, 0.5) is 33.7 Å². The van der Waals surface area contributed by atoms with Gasteiger partial charge in [0.05, 0.1) is 22.9 Å². The highest BCUT2D eigenvalue weighted by molar-refractivity contribution is 7.82. The molecule has 0 radical (unpaired) electrons. The Morgan fingerprint density at radius 3 is 2.18 bits per heavy atom. The molecular weight excluding hydrogens is 458 g/mol. The van der Waals surface area contributed by atoms with Crippen molar-refractivity contribution in [2.24, 2.45) is 0 Å². The largest absolute Gasteiger partial charge is 0.416 e. The first-order valence-corrected chi connectivity index (χ1v) is 10.1. The number of nitrogens with one attached hydrogen (secondary N) is 2. The Balaban J connectivity index is 1.67.